The van der Waals surface area contributed by atoms with E-state index in [1.165, 1.54) is 11.8 Å². The molecule has 1 aromatic heterocycles. The number of rotatable bonds is 16. The fraction of sp³-hybridized carbons (Fsp3) is 0.588. The molecule has 14 heteroatoms. The molecule has 2 fully saturated rings. The van der Waals surface area contributed by atoms with Crippen molar-refractivity contribution in [1.82, 2.24) is 15.0 Å². The van der Waals surface area contributed by atoms with Crippen LogP contribution < -0.4 is 14.9 Å². The quantitative estimate of drug-likeness (QED) is 0.191. The molecule has 0 radical (unpaired) electrons. The van der Waals surface area contributed by atoms with E-state index in [9.17, 15) is 42.3 Å². The lowest BCUT2D eigenvalue weighted by atomic mass is 9.70. The molecule has 4 rings (SSSR count). The molecule has 2 aromatic rings. The number of carboxylic acid groups (broad SMARTS) is 1. The van der Waals surface area contributed by atoms with Gasteiger partial charge in [0.2, 0.25) is 21.8 Å². The maximum absolute atomic E-state index is 13.6. The van der Waals surface area contributed by atoms with Gasteiger partial charge in [-0.05, 0) is 62.1 Å². The van der Waals surface area contributed by atoms with Crippen LogP contribution in [0.1, 0.15) is 84.0 Å². The van der Waals surface area contributed by atoms with Crippen molar-refractivity contribution < 1.29 is 42.3 Å². The summed E-state index contributed by atoms with van der Waals surface area (Å²) in [7, 11) is -4.12. The van der Waals surface area contributed by atoms with Gasteiger partial charge < -0.3 is 20.3 Å². The first kappa shape index (κ1) is 36.9. The number of carboxylic acids is 1. The highest BCUT2D eigenvalue weighted by molar-refractivity contribution is 7.89. The van der Waals surface area contributed by atoms with Crippen LogP contribution in [0.3, 0.4) is 0 Å². The zero-order valence-corrected chi connectivity index (χ0v) is 29.2. The fourth-order valence-electron chi connectivity index (χ4n) is 7.45. The number of amides is 2. The number of carbonyl (C=O) groups excluding carboxylic acids is 5. The summed E-state index contributed by atoms with van der Waals surface area (Å²) in [5.74, 6) is -5.30. The van der Waals surface area contributed by atoms with Gasteiger partial charge in [-0.3, -0.25) is 28.8 Å². The van der Waals surface area contributed by atoms with Gasteiger partial charge in [-0.25, -0.2) is 13.1 Å². The van der Waals surface area contributed by atoms with Crippen LogP contribution in [0.25, 0.3) is 10.9 Å². The second-order valence-corrected chi connectivity index (χ2v) is 15.9. The van der Waals surface area contributed by atoms with Crippen LogP contribution in [-0.4, -0.2) is 78.5 Å². The van der Waals surface area contributed by atoms with E-state index in [0.29, 0.717) is 29.5 Å². The zero-order valence-electron chi connectivity index (χ0n) is 28.3. The minimum absolute atomic E-state index is 0.0992. The predicted molar refractivity (Wildman–Crippen MR) is 179 cm³/mol. The van der Waals surface area contributed by atoms with Crippen LogP contribution in [0.4, 0.5) is 5.69 Å². The van der Waals surface area contributed by atoms with Crippen molar-refractivity contribution in [3.8, 4) is 0 Å². The molecule has 0 spiro atoms. The largest absolute Gasteiger partial charge is 0.481 e. The van der Waals surface area contributed by atoms with Gasteiger partial charge in [0.15, 0.2) is 11.6 Å². The second kappa shape index (κ2) is 13.9. The Labute approximate surface area is 280 Å². The van der Waals surface area contributed by atoms with E-state index in [2.05, 4.69) is 15.0 Å². The van der Waals surface area contributed by atoms with E-state index in [-0.39, 0.29) is 36.4 Å². The van der Waals surface area contributed by atoms with Crippen molar-refractivity contribution in [2.45, 2.75) is 79.7 Å². The Bertz CT molecular complexity index is 1750. The van der Waals surface area contributed by atoms with Gasteiger partial charge in [0.05, 0.1) is 30.4 Å². The molecule has 4 N–H and O–H groups in total. The highest BCUT2D eigenvalue weighted by Crippen LogP contribution is 2.64. The van der Waals surface area contributed by atoms with Gasteiger partial charge in [-0.1, -0.05) is 27.7 Å². The molecular weight excluding hydrogens is 640 g/mol. The van der Waals surface area contributed by atoms with E-state index >= 15 is 0 Å². The molecule has 0 aliphatic heterocycles. The third kappa shape index (κ3) is 7.24. The number of sulfonamides is 1. The van der Waals surface area contributed by atoms with E-state index in [1.54, 1.807) is 45.2 Å². The number of hydrogen-bond donors (Lipinski definition) is 4. The van der Waals surface area contributed by atoms with E-state index in [0.717, 1.165) is 11.9 Å². The zero-order chi connectivity index (χ0) is 35.8. The number of ketones is 3. The smallest absolute Gasteiger partial charge is 0.305 e. The molecule has 2 aliphatic rings. The maximum Gasteiger partial charge on any atom is 0.305 e. The van der Waals surface area contributed by atoms with Crippen molar-refractivity contribution in [2.75, 3.05) is 23.7 Å². The molecule has 4 atom stereocenters. The molecule has 2 bridgehead atoms. The third-order valence-electron chi connectivity index (χ3n) is 10.6. The number of H-pyrrole nitrogens is 1. The summed E-state index contributed by atoms with van der Waals surface area (Å²) in [5.41, 5.74) is 0.170. The number of aromatic amines is 1. The average Bonchev–Trinajstić information content (AvgIpc) is 3.57. The molecule has 1 aromatic carbocycles. The number of anilines is 1. The number of carbonyl (C=O) groups is 6. The Hall–Kier alpha value is -3.91. The van der Waals surface area contributed by atoms with Crippen molar-refractivity contribution in [1.29, 1.82) is 0 Å². The average molecular weight is 687 g/mol. The first-order valence-corrected chi connectivity index (χ1v) is 18.0. The Morgan fingerprint density at radius 3 is 2.35 bits per heavy atom. The number of Topliss-reactive ketones (excluding diaryl/α,β-unsaturated/α-hetero) is 3. The normalized spacial score (nSPS) is 21.3. The molecule has 2 saturated carbocycles. The number of fused-ring (bicyclic) bond motifs is 3. The molecule has 0 saturated heterocycles. The SMILES string of the molecule is CCN(C(=O)CC(C(=O)NC(CC(=O)O)C(=O)CNS(=O)(=O)CC12CCC(CC1=O)C2(C)C)C(C)C)c1c[nH]c2ccc(C(C)=O)cc12. The first-order valence-electron chi connectivity index (χ1n) is 16.3. The highest BCUT2D eigenvalue weighted by atomic mass is 32.2. The Balaban J connectivity index is 1.46. The lowest BCUT2D eigenvalue weighted by molar-refractivity contribution is -0.140. The van der Waals surface area contributed by atoms with E-state index in [1.807, 2.05) is 13.8 Å². The topological polar surface area (TPSA) is 200 Å². The van der Waals surface area contributed by atoms with Gasteiger partial charge in [0.1, 0.15) is 5.78 Å². The summed E-state index contributed by atoms with van der Waals surface area (Å²) < 4.78 is 28.5. The van der Waals surface area contributed by atoms with Crippen molar-refractivity contribution in [3.05, 3.63) is 30.0 Å². The molecule has 1 heterocycles. The van der Waals surface area contributed by atoms with Gasteiger partial charge in [-0.15, -0.1) is 0 Å². The molecular formula is C34H46N4O9S. The maximum atomic E-state index is 13.6. The third-order valence-corrected chi connectivity index (χ3v) is 12.1. The van der Waals surface area contributed by atoms with Crippen LogP contribution in [-0.2, 0) is 34.0 Å². The minimum Gasteiger partial charge on any atom is -0.481 e. The number of hydrogen-bond acceptors (Lipinski definition) is 8. The number of benzene rings is 1. The summed E-state index contributed by atoms with van der Waals surface area (Å²) in [6.07, 6.45) is 2.11. The Morgan fingerprint density at radius 1 is 1.12 bits per heavy atom. The monoisotopic (exact) mass is 686 g/mol. The standard InChI is InChI=1S/C34H46N4O9S/c1-7-38(27-16-35-25-9-8-21(20(4)39)12-24(25)27)30(42)14-23(19(2)3)32(45)37-26(15-31(43)44)28(40)17-36-48(46,47)18-34-11-10-22(13-29(34)41)33(34,5)6/h8-9,12,16,19,22-23,26,35-36H,7,10-11,13-15,17-18H2,1-6H3,(H,37,45)(H,43,44). The van der Waals surface area contributed by atoms with Crippen molar-refractivity contribution in [3.63, 3.8) is 0 Å². The number of nitrogens with zero attached hydrogens (tertiary/aromatic N) is 1. The second-order valence-electron chi connectivity index (χ2n) is 14.1. The lowest BCUT2D eigenvalue weighted by Crippen LogP contribution is -2.51. The molecule has 262 valence electrons. The van der Waals surface area contributed by atoms with E-state index in [4.69, 9.17) is 0 Å². The lowest BCUT2D eigenvalue weighted by Gasteiger charge is -2.36. The highest BCUT2D eigenvalue weighted by Gasteiger charge is 2.65. The van der Waals surface area contributed by atoms with Crippen LogP contribution >= 0.6 is 0 Å². The molecule has 48 heavy (non-hydrogen) atoms. The van der Waals surface area contributed by atoms with Crippen LogP contribution in [0.15, 0.2) is 24.4 Å². The summed E-state index contributed by atoms with van der Waals surface area (Å²) >= 11 is 0. The first-order chi connectivity index (χ1) is 22.3. The minimum atomic E-state index is -4.12. The fourth-order valence-corrected chi connectivity index (χ4v) is 9.24. The van der Waals surface area contributed by atoms with Gasteiger partial charge in [0.25, 0.3) is 0 Å². The van der Waals surface area contributed by atoms with Crippen LogP contribution in [0, 0.1) is 28.6 Å². The van der Waals surface area contributed by atoms with Gasteiger partial charge in [-0.2, -0.15) is 0 Å². The predicted octanol–water partition coefficient (Wildman–Crippen LogP) is 3.23. The molecule has 4 unspecified atom stereocenters. The number of aromatic nitrogens is 1. The van der Waals surface area contributed by atoms with Crippen molar-refractivity contribution in [2.24, 2.45) is 28.6 Å². The van der Waals surface area contributed by atoms with Gasteiger partial charge in [0, 0.05) is 53.4 Å². The summed E-state index contributed by atoms with van der Waals surface area (Å²) in [6.45, 7) is 9.94. The van der Waals surface area contributed by atoms with Gasteiger partial charge >= 0.3 is 5.97 Å². The van der Waals surface area contributed by atoms with E-state index < -0.39 is 75.1 Å². The number of nitrogens with one attached hydrogen (secondary N) is 3. The number of aliphatic carboxylic acids is 1. The Kier molecular flexibility index (Phi) is 10.7. The Morgan fingerprint density at radius 2 is 1.81 bits per heavy atom. The van der Waals surface area contributed by atoms with Crippen molar-refractivity contribution >= 4 is 61.7 Å². The molecule has 13 nitrogen and oxygen atoms in total. The van der Waals surface area contributed by atoms with Crippen LogP contribution in [0.5, 0.6) is 0 Å². The summed E-state index contributed by atoms with van der Waals surface area (Å²) in [4.78, 5) is 81.4. The summed E-state index contributed by atoms with van der Waals surface area (Å²) in [6, 6.07) is 3.56. The van der Waals surface area contributed by atoms with Crippen LogP contribution in [0.2, 0.25) is 0 Å². The summed E-state index contributed by atoms with van der Waals surface area (Å²) in [5, 5.41) is 12.6. The molecule has 2 amide bonds. The molecule has 2 aliphatic carbocycles.